The summed E-state index contributed by atoms with van der Waals surface area (Å²) in [6.45, 7) is 6.46. The van der Waals surface area contributed by atoms with Crippen molar-refractivity contribution >= 4 is 22.7 Å². The highest BCUT2D eigenvalue weighted by atomic mass is 32.2. The van der Waals surface area contributed by atoms with E-state index in [-0.39, 0.29) is 6.61 Å². The monoisotopic (exact) mass is 359 g/mol. The number of hydroxylamine groups is 1. The second kappa shape index (κ2) is 8.92. The minimum atomic E-state index is -0.419. The van der Waals surface area contributed by atoms with Crippen LogP contribution in [0.15, 0.2) is 36.4 Å². The van der Waals surface area contributed by atoms with E-state index in [1.165, 1.54) is 5.56 Å². The molecule has 2 aromatic rings. The van der Waals surface area contributed by atoms with Gasteiger partial charge in [0.25, 0.3) is 0 Å². The van der Waals surface area contributed by atoms with E-state index in [0.717, 1.165) is 47.0 Å². The molecule has 0 bridgehead atoms. The number of anilines is 1. The van der Waals surface area contributed by atoms with Crippen molar-refractivity contribution in [2.75, 3.05) is 11.3 Å². The van der Waals surface area contributed by atoms with Gasteiger partial charge < -0.3 is 4.74 Å². The summed E-state index contributed by atoms with van der Waals surface area (Å²) in [4.78, 5) is 11.9. The molecule has 0 heterocycles. The highest BCUT2D eigenvalue weighted by molar-refractivity contribution is 8.13. The maximum absolute atomic E-state index is 11.9. The average Bonchev–Trinajstić information content (AvgIpc) is 2.65. The third kappa shape index (κ3) is 4.77. The fraction of sp³-hybridized carbons (Fsp3) is 0.350. The van der Waals surface area contributed by atoms with Crippen LogP contribution in [0.2, 0.25) is 0 Å². The summed E-state index contributed by atoms with van der Waals surface area (Å²) in [7, 11) is 0. The number of ether oxygens (including phenoxy) is 1. The molecule has 25 heavy (non-hydrogen) atoms. The smallest absolute Gasteiger partial charge is 0.309 e. The van der Waals surface area contributed by atoms with Gasteiger partial charge in [0.15, 0.2) is 0 Å². The Morgan fingerprint density at radius 2 is 1.76 bits per heavy atom. The maximum Gasteiger partial charge on any atom is 0.309 e. The first kappa shape index (κ1) is 19.3. The number of nitrogens with zero attached hydrogens (tertiary/aromatic N) is 1. The molecule has 0 aliphatic rings. The van der Waals surface area contributed by atoms with Gasteiger partial charge in [0.1, 0.15) is 12.4 Å². The Morgan fingerprint density at radius 3 is 2.36 bits per heavy atom. The summed E-state index contributed by atoms with van der Waals surface area (Å²) >= 11 is 0.967. The molecular weight excluding hydrogens is 334 g/mol. The molecule has 5 heteroatoms. The first-order valence-corrected chi connectivity index (χ1v) is 9.63. The molecule has 1 amide bonds. The van der Waals surface area contributed by atoms with Crippen LogP contribution in [0, 0.1) is 6.92 Å². The Labute approximate surface area is 153 Å². The lowest BCUT2D eigenvalue weighted by molar-refractivity contribution is 0.223. The van der Waals surface area contributed by atoms with Crippen LogP contribution in [0.1, 0.15) is 36.1 Å². The Morgan fingerprint density at radius 1 is 1.12 bits per heavy atom. The first-order chi connectivity index (χ1) is 12.0. The summed E-state index contributed by atoms with van der Waals surface area (Å²) in [6.07, 6.45) is 3.46. The Bertz CT molecular complexity index is 746. The highest BCUT2D eigenvalue weighted by Crippen LogP contribution is 2.27. The fourth-order valence-electron chi connectivity index (χ4n) is 2.58. The normalized spacial score (nSPS) is 10.6. The third-order valence-corrected chi connectivity index (χ3v) is 4.69. The molecule has 134 valence electrons. The number of aryl methyl sites for hydroxylation is 3. The molecule has 0 unspecified atom stereocenters. The molecule has 0 aliphatic carbocycles. The average molecular weight is 359 g/mol. The largest absolute Gasteiger partial charge is 0.489 e. The molecule has 0 saturated heterocycles. The van der Waals surface area contributed by atoms with Crippen molar-refractivity contribution in [3.8, 4) is 5.75 Å². The van der Waals surface area contributed by atoms with Crippen LogP contribution in [-0.2, 0) is 19.4 Å². The lowest BCUT2D eigenvalue weighted by Gasteiger charge is -2.19. The number of amides is 1. The van der Waals surface area contributed by atoms with Crippen molar-refractivity contribution in [3.63, 3.8) is 0 Å². The van der Waals surface area contributed by atoms with Crippen LogP contribution >= 0.6 is 11.8 Å². The lowest BCUT2D eigenvalue weighted by atomic mass is 10.1. The van der Waals surface area contributed by atoms with Crippen LogP contribution in [-0.4, -0.2) is 16.7 Å². The van der Waals surface area contributed by atoms with Crippen LogP contribution < -0.4 is 9.80 Å². The van der Waals surface area contributed by atoms with E-state index < -0.39 is 5.24 Å². The van der Waals surface area contributed by atoms with Crippen molar-refractivity contribution in [1.82, 2.24) is 0 Å². The standard InChI is InChI=1S/C20H25NO3S/c1-5-15-8-10-19(14(3)11-15)24-13-17-9-7-16(6-2)12-18(17)21(23)20(22)25-4/h7-12,23H,5-6,13H2,1-4H3. The molecule has 2 aromatic carbocycles. The lowest BCUT2D eigenvalue weighted by Crippen LogP contribution is -2.24. The SMILES string of the molecule is CCc1ccc(OCc2ccc(CC)cc2N(O)C(=O)SC)c(C)c1. The minimum absolute atomic E-state index is 0.282. The van der Waals surface area contributed by atoms with Crippen LogP contribution in [0.4, 0.5) is 10.5 Å². The summed E-state index contributed by atoms with van der Waals surface area (Å²) in [5.74, 6) is 0.809. The molecule has 0 aliphatic heterocycles. The topological polar surface area (TPSA) is 49.8 Å². The van der Waals surface area contributed by atoms with E-state index in [2.05, 4.69) is 19.1 Å². The number of thioether (sulfide) groups is 1. The van der Waals surface area contributed by atoms with Crippen molar-refractivity contribution in [2.45, 2.75) is 40.2 Å². The van der Waals surface area contributed by atoms with Crippen LogP contribution in [0.3, 0.4) is 0 Å². The van der Waals surface area contributed by atoms with Gasteiger partial charge in [-0.1, -0.05) is 49.9 Å². The van der Waals surface area contributed by atoms with E-state index in [4.69, 9.17) is 4.74 Å². The zero-order chi connectivity index (χ0) is 18.4. The molecule has 2 rings (SSSR count). The minimum Gasteiger partial charge on any atom is -0.489 e. The van der Waals surface area contributed by atoms with Crippen molar-refractivity contribution in [1.29, 1.82) is 0 Å². The summed E-state index contributed by atoms with van der Waals surface area (Å²) in [5.41, 5.74) is 4.63. The van der Waals surface area contributed by atoms with Crippen molar-refractivity contribution in [2.24, 2.45) is 0 Å². The second-order valence-corrected chi connectivity index (χ2v) is 6.60. The van der Waals surface area contributed by atoms with Gasteiger partial charge in [0.2, 0.25) is 0 Å². The molecule has 0 radical (unpaired) electrons. The van der Waals surface area contributed by atoms with Gasteiger partial charge in [-0.3, -0.25) is 10.0 Å². The van der Waals surface area contributed by atoms with Gasteiger partial charge in [-0.05, 0) is 54.8 Å². The molecule has 0 saturated carbocycles. The summed E-state index contributed by atoms with van der Waals surface area (Å²) < 4.78 is 5.94. The predicted octanol–water partition coefficient (Wildman–Crippen LogP) is 5.38. The quantitative estimate of drug-likeness (QED) is 0.556. The molecule has 1 N–H and O–H groups in total. The fourth-order valence-corrected chi connectivity index (χ4v) is 2.85. The molecule has 0 spiro atoms. The number of carbonyl (C=O) groups excluding carboxylic acids is 1. The van der Waals surface area contributed by atoms with Crippen LogP contribution in [0.25, 0.3) is 0 Å². The molecular formula is C20H25NO3S. The maximum atomic E-state index is 11.9. The zero-order valence-corrected chi connectivity index (χ0v) is 16.0. The predicted molar refractivity (Wildman–Crippen MR) is 104 cm³/mol. The van der Waals surface area contributed by atoms with Crippen molar-refractivity contribution in [3.05, 3.63) is 58.7 Å². The molecule has 0 fully saturated rings. The van der Waals surface area contributed by atoms with E-state index in [1.807, 2.05) is 38.1 Å². The van der Waals surface area contributed by atoms with E-state index in [0.29, 0.717) is 10.8 Å². The van der Waals surface area contributed by atoms with Gasteiger partial charge in [-0.15, -0.1) is 0 Å². The van der Waals surface area contributed by atoms with Crippen molar-refractivity contribution < 1.29 is 14.7 Å². The number of benzene rings is 2. The zero-order valence-electron chi connectivity index (χ0n) is 15.2. The summed E-state index contributed by atoms with van der Waals surface area (Å²) in [5, 5.41) is 10.5. The molecule has 0 aromatic heterocycles. The Balaban J connectivity index is 2.25. The highest BCUT2D eigenvalue weighted by Gasteiger charge is 2.17. The number of carbonyl (C=O) groups is 1. The van der Waals surface area contributed by atoms with E-state index >= 15 is 0 Å². The Hall–Kier alpha value is -1.98. The van der Waals surface area contributed by atoms with Gasteiger partial charge in [0.05, 0.1) is 5.69 Å². The number of rotatable bonds is 6. The van der Waals surface area contributed by atoms with Crippen LogP contribution in [0.5, 0.6) is 5.75 Å². The third-order valence-electron chi connectivity index (χ3n) is 4.16. The number of hydrogen-bond acceptors (Lipinski definition) is 4. The summed E-state index contributed by atoms with van der Waals surface area (Å²) in [6, 6.07) is 11.9. The molecule has 4 nitrogen and oxygen atoms in total. The van der Waals surface area contributed by atoms with Gasteiger partial charge in [-0.2, -0.15) is 5.06 Å². The van der Waals surface area contributed by atoms with Gasteiger partial charge in [-0.25, -0.2) is 0 Å². The molecule has 0 atom stereocenters. The van der Waals surface area contributed by atoms with Gasteiger partial charge >= 0.3 is 5.24 Å². The Kier molecular flexibility index (Phi) is 6.91. The number of hydrogen-bond donors (Lipinski definition) is 1. The van der Waals surface area contributed by atoms with E-state index in [1.54, 1.807) is 6.26 Å². The first-order valence-electron chi connectivity index (χ1n) is 8.41. The second-order valence-electron chi connectivity index (χ2n) is 5.84. The van der Waals surface area contributed by atoms with E-state index in [9.17, 15) is 10.0 Å². The van der Waals surface area contributed by atoms with Gasteiger partial charge in [0, 0.05) is 5.56 Å².